The first kappa shape index (κ1) is 19.1. The topological polar surface area (TPSA) is 124 Å². The Morgan fingerprint density at radius 2 is 1.90 bits per heavy atom. The fraction of sp³-hybridized carbons (Fsp3) is 0.227. The molecule has 1 fully saturated rings. The molecular formula is C22H22N8O. The predicted molar refractivity (Wildman–Crippen MR) is 118 cm³/mol. The number of hydrogen-bond acceptors (Lipinski definition) is 7. The normalized spacial score (nSPS) is 18.0. The maximum atomic E-state index is 12.5. The van der Waals surface area contributed by atoms with Gasteiger partial charge in [-0.2, -0.15) is 5.10 Å². The van der Waals surface area contributed by atoms with Gasteiger partial charge < -0.3 is 16.4 Å². The van der Waals surface area contributed by atoms with E-state index in [0.717, 1.165) is 35.1 Å². The average Bonchev–Trinajstić information content (AvgIpc) is 3.14. The summed E-state index contributed by atoms with van der Waals surface area (Å²) >= 11 is 0. The lowest BCUT2D eigenvalue weighted by molar-refractivity contribution is 0.102. The average molecular weight is 414 g/mol. The van der Waals surface area contributed by atoms with E-state index in [1.165, 1.54) is 6.33 Å². The second-order valence-electron chi connectivity index (χ2n) is 7.61. The minimum atomic E-state index is -0.226. The number of rotatable bonds is 5. The van der Waals surface area contributed by atoms with Crippen LogP contribution in [0.2, 0.25) is 0 Å². The molecule has 1 saturated carbocycles. The number of nitrogen functional groups attached to an aromatic ring is 1. The van der Waals surface area contributed by atoms with Crippen molar-refractivity contribution >= 4 is 28.6 Å². The number of nitrogens with zero attached hydrogens (tertiary/aromatic N) is 5. The van der Waals surface area contributed by atoms with Crippen molar-refractivity contribution in [3.8, 4) is 11.3 Å². The molecule has 156 valence electrons. The van der Waals surface area contributed by atoms with Crippen molar-refractivity contribution in [2.45, 2.75) is 24.9 Å². The van der Waals surface area contributed by atoms with E-state index in [1.807, 2.05) is 29.9 Å². The largest absolute Gasteiger partial charge is 0.383 e. The van der Waals surface area contributed by atoms with Crippen LogP contribution in [0.1, 0.15) is 29.2 Å². The molecular weight excluding hydrogens is 392 g/mol. The smallest absolute Gasteiger partial charge is 0.256 e. The zero-order chi connectivity index (χ0) is 21.4. The van der Waals surface area contributed by atoms with E-state index in [9.17, 15) is 4.79 Å². The number of fused-ring (bicyclic) bond motifs is 1. The highest BCUT2D eigenvalue weighted by atomic mass is 16.1. The van der Waals surface area contributed by atoms with Gasteiger partial charge in [-0.25, -0.2) is 19.6 Å². The first-order chi connectivity index (χ1) is 15.1. The van der Waals surface area contributed by atoms with Gasteiger partial charge in [-0.1, -0.05) is 18.2 Å². The van der Waals surface area contributed by atoms with Crippen LogP contribution < -0.4 is 16.4 Å². The molecule has 3 aromatic heterocycles. The Bertz CT molecular complexity index is 1230. The fourth-order valence-electron chi connectivity index (χ4n) is 3.88. The summed E-state index contributed by atoms with van der Waals surface area (Å²) in [5.41, 5.74) is 9.03. The molecule has 0 atom stereocenters. The number of carbonyl (C=O) groups excluding carboxylic acids is 1. The predicted octanol–water partition coefficient (Wildman–Crippen LogP) is 2.65. The van der Waals surface area contributed by atoms with Gasteiger partial charge in [-0.3, -0.25) is 4.79 Å². The summed E-state index contributed by atoms with van der Waals surface area (Å²) in [6, 6.07) is 13.4. The molecule has 0 unspecified atom stereocenters. The van der Waals surface area contributed by atoms with Gasteiger partial charge in [0.15, 0.2) is 5.65 Å². The van der Waals surface area contributed by atoms with E-state index >= 15 is 0 Å². The van der Waals surface area contributed by atoms with E-state index in [-0.39, 0.29) is 11.9 Å². The number of aromatic nitrogens is 5. The maximum absolute atomic E-state index is 12.5. The van der Waals surface area contributed by atoms with Gasteiger partial charge in [-0.15, -0.1) is 0 Å². The Morgan fingerprint density at radius 3 is 2.61 bits per heavy atom. The van der Waals surface area contributed by atoms with Crippen LogP contribution in [0.25, 0.3) is 22.3 Å². The number of nitrogens with one attached hydrogen (secondary N) is 2. The molecule has 0 spiro atoms. The molecule has 1 aliphatic rings. The third kappa shape index (κ3) is 3.49. The Morgan fingerprint density at radius 1 is 1.10 bits per heavy atom. The Balaban J connectivity index is 1.46. The summed E-state index contributed by atoms with van der Waals surface area (Å²) in [5.74, 6) is 0.676. The van der Waals surface area contributed by atoms with Gasteiger partial charge in [0.05, 0.1) is 11.4 Å². The van der Waals surface area contributed by atoms with Crippen molar-refractivity contribution in [2.75, 3.05) is 18.1 Å². The third-order valence-electron chi connectivity index (χ3n) is 5.71. The van der Waals surface area contributed by atoms with Crippen molar-refractivity contribution in [3.05, 3.63) is 60.6 Å². The lowest BCUT2D eigenvalue weighted by Gasteiger charge is -2.35. The van der Waals surface area contributed by atoms with Crippen molar-refractivity contribution in [2.24, 2.45) is 0 Å². The molecule has 5 rings (SSSR count). The molecule has 3 heterocycles. The van der Waals surface area contributed by atoms with Gasteiger partial charge in [0, 0.05) is 23.4 Å². The van der Waals surface area contributed by atoms with Crippen molar-refractivity contribution in [1.29, 1.82) is 0 Å². The van der Waals surface area contributed by atoms with Crippen LogP contribution in [0.15, 0.2) is 55.0 Å². The quantitative estimate of drug-likeness (QED) is 0.459. The summed E-state index contributed by atoms with van der Waals surface area (Å²) in [5, 5.41) is 11.7. The van der Waals surface area contributed by atoms with Crippen LogP contribution in [-0.2, 0) is 0 Å². The molecule has 0 radical (unpaired) electrons. The number of pyridine rings is 1. The first-order valence-corrected chi connectivity index (χ1v) is 10.1. The molecule has 0 aliphatic heterocycles. The number of anilines is 2. The molecule has 1 aliphatic carbocycles. The van der Waals surface area contributed by atoms with Gasteiger partial charge in [0.2, 0.25) is 0 Å². The number of nitrogens with two attached hydrogens (primary N) is 1. The van der Waals surface area contributed by atoms with Crippen LogP contribution in [0.4, 0.5) is 11.6 Å². The molecule has 9 nitrogen and oxygen atoms in total. The summed E-state index contributed by atoms with van der Waals surface area (Å²) in [7, 11) is 1.97. The lowest BCUT2D eigenvalue weighted by Crippen LogP contribution is -2.40. The molecule has 4 N–H and O–H groups in total. The molecule has 0 bridgehead atoms. The van der Waals surface area contributed by atoms with Crippen LogP contribution >= 0.6 is 0 Å². The summed E-state index contributed by atoms with van der Waals surface area (Å²) < 4.78 is 1.96. The van der Waals surface area contributed by atoms with Crippen LogP contribution in [0, 0.1) is 0 Å². The summed E-state index contributed by atoms with van der Waals surface area (Å²) in [4.78, 5) is 25.2. The SMILES string of the molecule is CNC1CC(n2nc(-c3ccc(C(=O)Nc4ccccn4)cc3)c3c(N)ncnc32)C1. The zero-order valence-electron chi connectivity index (χ0n) is 17.0. The monoisotopic (exact) mass is 414 g/mol. The Hall–Kier alpha value is -3.85. The van der Waals surface area contributed by atoms with E-state index in [1.54, 1.807) is 30.5 Å². The van der Waals surface area contributed by atoms with Gasteiger partial charge in [-0.05, 0) is 44.2 Å². The summed E-state index contributed by atoms with van der Waals surface area (Å²) in [6.07, 6.45) is 5.08. The maximum Gasteiger partial charge on any atom is 0.256 e. The highest BCUT2D eigenvalue weighted by Crippen LogP contribution is 2.37. The third-order valence-corrected chi connectivity index (χ3v) is 5.71. The van der Waals surface area contributed by atoms with Gasteiger partial charge in [0.25, 0.3) is 5.91 Å². The number of benzene rings is 1. The lowest BCUT2D eigenvalue weighted by atomic mass is 9.87. The van der Waals surface area contributed by atoms with Crippen LogP contribution in [0.5, 0.6) is 0 Å². The molecule has 0 saturated heterocycles. The standard InChI is InChI=1S/C22H22N8O/c1-24-15-10-16(11-15)30-21-18(20(23)26-12-27-21)19(29-30)13-5-7-14(8-6-13)22(31)28-17-4-2-3-9-25-17/h2-9,12,15-16,24H,10-11H2,1H3,(H2,23,26,27)(H,25,28,31). The second-order valence-corrected chi connectivity index (χ2v) is 7.61. The molecule has 31 heavy (non-hydrogen) atoms. The number of carbonyl (C=O) groups is 1. The van der Waals surface area contributed by atoms with E-state index in [2.05, 4.69) is 25.6 Å². The first-order valence-electron chi connectivity index (χ1n) is 10.1. The number of amides is 1. The van der Waals surface area contributed by atoms with Gasteiger partial charge >= 0.3 is 0 Å². The minimum absolute atomic E-state index is 0.226. The fourth-order valence-corrected chi connectivity index (χ4v) is 3.88. The van der Waals surface area contributed by atoms with E-state index in [4.69, 9.17) is 10.8 Å². The van der Waals surface area contributed by atoms with Crippen molar-refractivity contribution < 1.29 is 4.79 Å². The zero-order valence-corrected chi connectivity index (χ0v) is 17.0. The molecule has 4 aromatic rings. The van der Waals surface area contributed by atoms with Crippen LogP contribution in [0.3, 0.4) is 0 Å². The Kier molecular flexibility index (Phi) is 4.79. The van der Waals surface area contributed by atoms with Gasteiger partial charge in [0.1, 0.15) is 23.7 Å². The van der Waals surface area contributed by atoms with Crippen molar-refractivity contribution in [1.82, 2.24) is 30.0 Å². The van der Waals surface area contributed by atoms with Crippen molar-refractivity contribution in [3.63, 3.8) is 0 Å². The molecule has 1 aromatic carbocycles. The highest BCUT2D eigenvalue weighted by molar-refractivity contribution is 6.04. The number of hydrogen-bond donors (Lipinski definition) is 3. The second kappa shape index (κ2) is 7.77. The Labute approximate surface area is 178 Å². The highest BCUT2D eigenvalue weighted by Gasteiger charge is 2.32. The van der Waals surface area contributed by atoms with Crippen LogP contribution in [-0.4, -0.2) is 43.7 Å². The molecule has 9 heteroatoms. The van der Waals surface area contributed by atoms with E-state index in [0.29, 0.717) is 23.2 Å². The minimum Gasteiger partial charge on any atom is -0.383 e. The molecule has 1 amide bonds. The van der Waals surface area contributed by atoms with E-state index < -0.39 is 0 Å². The summed E-state index contributed by atoms with van der Waals surface area (Å²) in [6.45, 7) is 0.